The third-order valence-electron chi connectivity index (χ3n) is 6.03. The minimum atomic E-state index is -0.487. The minimum Gasteiger partial charge on any atom is -0.504 e. The maximum absolute atomic E-state index is 11.8. The highest BCUT2D eigenvalue weighted by atomic mass is 35.5. The monoisotopic (exact) mass is 427 g/mol. The van der Waals surface area contributed by atoms with Crippen molar-refractivity contribution in [1.29, 1.82) is 0 Å². The first-order valence-electron chi connectivity index (χ1n) is 10.1. The van der Waals surface area contributed by atoms with Gasteiger partial charge in [0.05, 0.1) is 7.11 Å². The van der Waals surface area contributed by atoms with E-state index < -0.39 is 5.66 Å². The van der Waals surface area contributed by atoms with Crippen molar-refractivity contribution in [3.8, 4) is 11.5 Å². The Morgan fingerprint density at radius 2 is 1.93 bits per heavy atom. The molecule has 30 heavy (non-hydrogen) atoms. The van der Waals surface area contributed by atoms with Crippen molar-refractivity contribution in [3.63, 3.8) is 0 Å². The summed E-state index contributed by atoms with van der Waals surface area (Å²) in [4.78, 5) is 18.8. The number of ether oxygens (including phenoxy) is 1. The van der Waals surface area contributed by atoms with Gasteiger partial charge in [-0.15, -0.1) is 0 Å². The van der Waals surface area contributed by atoms with Crippen LogP contribution >= 0.6 is 11.6 Å². The molecule has 6 nitrogen and oxygen atoms in total. The number of likely N-dealkylation sites (tertiary alicyclic amines) is 1. The van der Waals surface area contributed by atoms with Gasteiger partial charge in [0.25, 0.3) is 0 Å². The summed E-state index contributed by atoms with van der Waals surface area (Å²) in [7, 11) is 1.55. The van der Waals surface area contributed by atoms with Crippen molar-refractivity contribution < 1.29 is 14.6 Å². The van der Waals surface area contributed by atoms with Gasteiger partial charge in [0.2, 0.25) is 5.91 Å². The number of carbonyl (C=O) groups excluding carboxylic acids is 1. The molecule has 0 aromatic heterocycles. The summed E-state index contributed by atoms with van der Waals surface area (Å²) in [6.45, 7) is 2.90. The van der Waals surface area contributed by atoms with E-state index in [4.69, 9.17) is 21.3 Å². The molecule has 0 saturated carbocycles. The molecule has 7 heteroatoms. The number of aliphatic imine (C=N–C) groups is 1. The summed E-state index contributed by atoms with van der Waals surface area (Å²) >= 11 is 6.08. The van der Waals surface area contributed by atoms with Gasteiger partial charge in [-0.1, -0.05) is 35.9 Å². The average Bonchev–Trinajstić information content (AvgIpc) is 2.74. The van der Waals surface area contributed by atoms with Crippen molar-refractivity contribution in [2.45, 2.75) is 37.9 Å². The van der Waals surface area contributed by atoms with Gasteiger partial charge in [-0.25, -0.2) is 0 Å². The lowest BCUT2D eigenvalue weighted by Crippen LogP contribution is -2.56. The molecular weight excluding hydrogens is 402 g/mol. The highest BCUT2D eigenvalue weighted by Gasteiger charge is 2.41. The summed E-state index contributed by atoms with van der Waals surface area (Å²) in [5, 5.41) is 15.1. The number of halogens is 1. The minimum absolute atomic E-state index is 0.0875. The van der Waals surface area contributed by atoms with Crippen molar-refractivity contribution in [1.82, 2.24) is 10.2 Å². The molecule has 2 heterocycles. The second kappa shape index (κ2) is 8.28. The SMILES string of the molecule is COc1cccc([C@@H]2CC(c3ccc(Cl)cc3)=NC3(CCN(C(C)=O)CC3)N2)c1O. The molecule has 1 saturated heterocycles. The molecular formula is C23H26ClN3O3. The van der Waals surface area contributed by atoms with Gasteiger partial charge in [0.15, 0.2) is 11.5 Å². The number of benzene rings is 2. The molecule has 1 fully saturated rings. The van der Waals surface area contributed by atoms with Crippen LogP contribution < -0.4 is 10.1 Å². The van der Waals surface area contributed by atoms with Crippen molar-refractivity contribution >= 4 is 23.2 Å². The maximum atomic E-state index is 11.8. The van der Waals surface area contributed by atoms with Gasteiger partial charge in [-0.05, 0) is 23.8 Å². The first-order chi connectivity index (χ1) is 14.4. The zero-order valence-electron chi connectivity index (χ0n) is 17.2. The highest BCUT2D eigenvalue weighted by molar-refractivity contribution is 6.30. The van der Waals surface area contributed by atoms with Gasteiger partial charge in [-0.3, -0.25) is 15.1 Å². The van der Waals surface area contributed by atoms with E-state index in [2.05, 4.69) is 5.32 Å². The Hall–Kier alpha value is -2.57. The second-order valence-corrected chi connectivity index (χ2v) is 8.34. The van der Waals surface area contributed by atoms with E-state index in [9.17, 15) is 9.90 Å². The molecule has 0 unspecified atom stereocenters. The number of carbonyl (C=O) groups is 1. The van der Waals surface area contributed by atoms with E-state index in [0.717, 1.165) is 16.8 Å². The Bertz CT molecular complexity index is 966. The first kappa shape index (κ1) is 20.7. The number of methoxy groups -OCH3 is 1. The Balaban J connectivity index is 1.72. The third kappa shape index (κ3) is 4.02. The van der Waals surface area contributed by atoms with Crippen LogP contribution in [0, 0.1) is 0 Å². The lowest BCUT2D eigenvalue weighted by molar-refractivity contribution is -0.130. The lowest BCUT2D eigenvalue weighted by Gasteiger charge is -2.45. The summed E-state index contributed by atoms with van der Waals surface area (Å²) in [6.07, 6.45) is 2.05. The summed E-state index contributed by atoms with van der Waals surface area (Å²) < 4.78 is 5.31. The maximum Gasteiger partial charge on any atom is 0.219 e. The van der Waals surface area contributed by atoms with Gasteiger partial charge in [0.1, 0.15) is 5.66 Å². The topological polar surface area (TPSA) is 74.2 Å². The lowest BCUT2D eigenvalue weighted by atomic mass is 9.87. The zero-order chi connectivity index (χ0) is 21.3. The number of nitrogens with zero attached hydrogens (tertiary/aromatic N) is 2. The largest absolute Gasteiger partial charge is 0.504 e. The summed E-state index contributed by atoms with van der Waals surface area (Å²) in [6, 6.07) is 13.1. The van der Waals surface area contributed by atoms with Crippen LogP contribution in [0.3, 0.4) is 0 Å². The Morgan fingerprint density at radius 3 is 2.57 bits per heavy atom. The van der Waals surface area contributed by atoms with Crippen LogP contribution in [-0.4, -0.2) is 47.5 Å². The molecule has 2 N–H and O–H groups in total. The number of amides is 1. The molecule has 4 rings (SSSR count). The number of piperidine rings is 1. The van der Waals surface area contributed by atoms with Crippen LogP contribution in [0.2, 0.25) is 5.02 Å². The van der Waals surface area contributed by atoms with Crippen molar-refractivity contribution in [3.05, 3.63) is 58.6 Å². The molecule has 2 aliphatic rings. The van der Waals surface area contributed by atoms with E-state index in [1.165, 1.54) is 0 Å². The van der Waals surface area contributed by atoms with E-state index in [0.29, 0.717) is 43.1 Å². The number of aromatic hydroxyl groups is 1. The fourth-order valence-corrected chi connectivity index (χ4v) is 4.48. The van der Waals surface area contributed by atoms with E-state index in [1.807, 2.05) is 41.3 Å². The number of phenolic OH excluding ortho intramolecular Hbond substituents is 1. The predicted octanol–water partition coefficient (Wildman–Crippen LogP) is 3.92. The third-order valence-corrected chi connectivity index (χ3v) is 6.28. The van der Waals surface area contributed by atoms with Gasteiger partial charge < -0.3 is 14.7 Å². The summed E-state index contributed by atoms with van der Waals surface area (Å²) in [5.41, 5.74) is 2.28. The van der Waals surface area contributed by atoms with Crippen LogP contribution in [0.5, 0.6) is 11.5 Å². The number of nitrogens with one attached hydrogen (secondary N) is 1. The molecule has 0 bridgehead atoms. The molecule has 2 aromatic rings. The van der Waals surface area contributed by atoms with Crippen LogP contribution in [-0.2, 0) is 4.79 Å². The average molecular weight is 428 g/mol. The molecule has 1 spiro atoms. The number of rotatable bonds is 3. The molecule has 158 valence electrons. The molecule has 1 amide bonds. The quantitative estimate of drug-likeness (QED) is 0.778. The molecule has 0 aliphatic carbocycles. The Labute approximate surface area is 181 Å². The van der Waals surface area contributed by atoms with E-state index in [-0.39, 0.29) is 17.7 Å². The Kier molecular flexibility index (Phi) is 5.71. The molecule has 1 atom stereocenters. The van der Waals surface area contributed by atoms with E-state index >= 15 is 0 Å². The first-order valence-corrected chi connectivity index (χ1v) is 10.5. The second-order valence-electron chi connectivity index (χ2n) is 7.90. The van der Waals surface area contributed by atoms with Crippen LogP contribution in [0.25, 0.3) is 0 Å². The molecule has 2 aromatic carbocycles. The van der Waals surface area contributed by atoms with E-state index in [1.54, 1.807) is 20.1 Å². The Morgan fingerprint density at radius 1 is 1.23 bits per heavy atom. The van der Waals surface area contributed by atoms with Crippen LogP contribution in [0.1, 0.15) is 43.4 Å². The number of phenols is 1. The summed E-state index contributed by atoms with van der Waals surface area (Å²) in [5.74, 6) is 0.682. The zero-order valence-corrected chi connectivity index (χ0v) is 17.9. The molecule has 2 aliphatic heterocycles. The van der Waals surface area contributed by atoms with Crippen molar-refractivity contribution in [2.75, 3.05) is 20.2 Å². The van der Waals surface area contributed by atoms with Gasteiger partial charge >= 0.3 is 0 Å². The number of para-hydroxylation sites is 1. The smallest absolute Gasteiger partial charge is 0.219 e. The standard InChI is InChI=1S/C23H26ClN3O3/c1-15(28)27-12-10-23(11-13-27)25-19(16-6-8-17(24)9-7-16)14-20(26-23)18-4-3-5-21(30-2)22(18)29/h3-9,20,26,29H,10-14H2,1-2H3/t20-/m0/s1. The van der Waals surface area contributed by atoms with Gasteiger partial charge in [0, 0.05) is 61.6 Å². The van der Waals surface area contributed by atoms with Crippen molar-refractivity contribution in [2.24, 2.45) is 4.99 Å². The van der Waals surface area contributed by atoms with Crippen LogP contribution in [0.4, 0.5) is 0 Å². The molecule has 0 radical (unpaired) electrons. The number of hydrogen-bond donors (Lipinski definition) is 2. The fourth-order valence-electron chi connectivity index (χ4n) is 4.35. The highest BCUT2D eigenvalue weighted by Crippen LogP contribution is 2.40. The fraction of sp³-hybridized carbons (Fsp3) is 0.391. The predicted molar refractivity (Wildman–Crippen MR) is 117 cm³/mol. The normalized spacial score (nSPS) is 20.7. The number of hydrogen-bond acceptors (Lipinski definition) is 5. The van der Waals surface area contributed by atoms with Gasteiger partial charge in [-0.2, -0.15) is 0 Å². The van der Waals surface area contributed by atoms with Crippen LogP contribution in [0.15, 0.2) is 47.5 Å².